The van der Waals surface area contributed by atoms with Crippen molar-refractivity contribution < 1.29 is 4.39 Å². The highest BCUT2D eigenvalue weighted by atomic mass is 79.9. The van der Waals surface area contributed by atoms with Gasteiger partial charge in [0.05, 0.1) is 4.47 Å². The van der Waals surface area contributed by atoms with Crippen LogP contribution in [0.15, 0.2) is 16.6 Å². The van der Waals surface area contributed by atoms with E-state index in [1.54, 1.807) is 6.07 Å². The molecule has 0 aliphatic carbocycles. The van der Waals surface area contributed by atoms with Gasteiger partial charge in [-0.3, -0.25) is 4.90 Å². The van der Waals surface area contributed by atoms with Crippen molar-refractivity contribution in [1.29, 1.82) is 0 Å². The van der Waals surface area contributed by atoms with Crippen molar-refractivity contribution >= 4 is 15.9 Å². The maximum atomic E-state index is 13.4. The highest BCUT2D eigenvalue weighted by molar-refractivity contribution is 9.10. The number of rotatable bonds is 2. The smallest absolute Gasteiger partial charge is 0.137 e. The summed E-state index contributed by atoms with van der Waals surface area (Å²) in [4.78, 5) is 2.35. The van der Waals surface area contributed by atoms with Gasteiger partial charge in [-0.15, -0.1) is 0 Å². The molecule has 1 saturated heterocycles. The predicted octanol–water partition coefficient (Wildman–Crippen LogP) is 2.30. The lowest BCUT2D eigenvalue weighted by Crippen LogP contribution is -2.43. The number of aryl methyl sites for hydroxylation is 1. The van der Waals surface area contributed by atoms with E-state index in [1.165, 1.54) is 0 Å². The third-order valence-corrected chi connectivity index (χ3v) is 3.59. The Morgan fingerprint density at radius 2 is 2.06 bits per heavy atom. The summed E-state index contributed by atoms with van der Waals surface area (Å²) in [7, 11) is 0. The van der Waals surface area contributed by atoms with Crippen LogP contribution in [0.1, 0.15) is 11.1 Å². The van der Waals surface area contributed by atoms with Gasteiger partial charge in [-0.2, -0.15) is 0 Å². The van der Waals surface area contributed by atoms with Crippen molar-refractivity contribution in [2.24, 2.45) is 0 Å². The standard InChI is InChI=1S/C12H16BrFN2/c1-9-6-11(13)12(14)7-10(9)8-16-4-2-15-3-5-16/h6-7,15H,2-5,8H2,1H3. The molecular weight excluding hydrogens is 271 g/mol. The summed E-state index contributed by atoms with van der Waals surface area (Å²) < 4.78 is 14.0. The monoisotopic (exact) mass is 286 g/mol. The lowest BCUT2D eigenvalue weighted by molar-refractivity contribution is 0.232. The molecule has 88 valence electrons. The van der Waals surface area contributed by atoms with Gasteiger partial charge in [0.15, 0.2) is 0 Å². The zero-order chi connectivity index (χ0) is 11.5. The zero-order valence-corrected chi connectivity index (χ0v) is 11.0. The number of benzene rings is 1. The third kappa shape index (κ3) is 2.81. The Bertz CT molecular complexity index is 376. The quantitative estimate of drug-likeness (QED) is 0.898. The van der Waals surface area contributed by atoms with Gasteiger partial charge in [-0.25, -0.2) is 4.39 Å². The molecular formula is C12H16BrFN2. The molecule has 0 unspecified atom stereocenters. The van der Waals surface area contributed by atoms with Gasteiger partial charge < -0.3 is 5.32 Å². The van der Waals surface area contributed by atoms with Crippen molar-refractivity contribution in [2.45, 2.75) is 13.5 Å². The van der Waals surface area contributed by atoms with Crippen LogP contribution in [-0.2, 0) is 6.54 Å². The first kappa shape index (κ1) is 12.0. The summed E-state index contributed by atoms with van der Waals surface area (Å²) in [6, 6.07) is 3.49. The fourth-order valence-electron chi connectivity index (χ4n) is 1.97. The second-order valence-electron chi connectivity index (χ2n) is 4.22. The van der Waals surface area contributed by atoms with E-state index in [9.17, 15) is 4.39 Å². The molecule has 1 aromatic rings. The van der Waals surface area contributed by atoms with Crippen molar-refractivity contribution in [1.82, 2.24) is 10.2 Å². The van der Waals surface area contributed by atoms with Gasteiger partial charge in [0.25, 0.3) is 0 Å². The minimum absolute atomic E-state index is 0.171. The van der Waals surface area contributed by atoms with Crippen LogP contribution in [0.2, 0.25) is 0 Å². The zero-order valence-electron chi connectivity index (χ0n) is 9.39. The minimum atomic E-state index is -0.171. The molecule has 1 heterocycles. The van der Waals surface area contributed by atoms with Crippen molar-refractivity contribution in [3.63, 3.8) is 0 Å². The molecule has 0 atom stereocenters. The maximum Gasteiger partial charge on any atom is 0.137 e. The molecule has 1 aromatic carbocycles. The molecule has 1 aliphatic rings. The van der Waals surface area contributed by atoms with E-state index in [2.05, 4.69) is 26.1 Å². The minimum Gasteiger partial charge on any atom is -0.314 e. The van der Waals surface area contributed by atoms with E-state index in [-0.39, 0.29) is 5.82 Å². The van der Waals surface area contributed by atoms with Crippen LogP contribution in [0.3, 0.4) is 0 Å². The van der Waals surface area contributed by atoms with Crippen LogP contribution >= 0.6 is 15.9 Å². The Balaban J connectivity index is 2.11. The van der Waals surface area contributed by atoms with Gasteiger partial charge in [0.1, 0.15) is 5.82 Å². The summed E-state index contributed by atoms with van der Waals surface area (Å²) in [5.41, 5.74) is 2.23. The Labute approximate surface area is 104 Å². The second-order valence-corrected chi connectivity index (χ2v) is 5.07. The molecule has 2 nitrogen and oxygen atoms in total. The Hall–Kier alpha value is -0.450. The summed E-state index contributed by atoms with van der Waals surface area (Å²) >= 11 is 3.21. The number of halogens is 2. The number of hydrogen-bond acceptors (Lipinski definition) is 2. The maximum absolute atomic E-state index is 13.4. The Kier molecular flexibility index (Phi) is 3.95. The largest absolute Gasteiger partial charge is 0.314 e. The first-order chi connectivity index (χ1) is 7.66. The fourth-order valence-corrected chi connectivity index (χ4v) is 2.43. The van der Waals surface area contributed by atoms with Crippen LogP contribution in [0.25, 0.3) is 0 Å². The highest BCUT2D eigenvalue weighted by Crippen LogP contribution is 2.21. The average molecular weight is 287 g/mol. The summed E-state index contributed by atoms with van der Waals surface area (Å²) in [5.74, 6) is -0.171. The molecule has 1 aliphatic heterocycles. The fraction of sp³-hybridized carbons (Fsp3) is 0.500. The summed E-state index contributed by atoms with van der Waals surface area (Å²) in [6.07, 6.45) is 0. The van der Waals surface area contributed by atoms with Crippen molar-refractivity contribution in [3.05, 3.63) is 33.5 Å². The first-order valence-corrected chi connectivity index (χ1v) is 6.34. The van der Waals surface area contributed by atoms with Crippen molar-refractivity contribution in [2.75, 3.05) is 26.2 Å². The van der Waals surface area contributed by atoms with Gasteiger partial charge >= 0.3 is 0 Å². The molecule has 0 radical (unpaired) electrons. The van der Waals surface area contributed by atoms with Crippen LogP contribution in [0, 0.1) is 12.7 Å². The predicted molar refractivity (Wildman–Crippen MR) is 67.0 cm³/mol. The van der Waals surface area contributed by atoms with E-state index < -0.39 is 0 Å². The first-order valence-electron chi connectivity index (χ1n) is 5.54. The molecule has 1 fully saturated rings. The van der Waals surface area contributed by atoms with Crippen LogP contribution in [0.5, 0.6) is 0 Å². The molecule has 0 bridgehead atoms. The number of piperazine rings is 1. The molecule has 2 rings (SSSR count). The highest BCUT2D eigenvalue weighted by Gasteiger charge is 2.12. The Morgan fingerprint density at radius 1 is 1.38 bits per heavy atom. The van der Waals surface area contributed by atoms with E-state index in [4.69, 9.17) is 0 Å². The molecule has 0 saturated carbocycles. The van der Waals surface area contributed by atoms with Crippen LogP contribution in [-0.4, -0.2) is 31.1 Å². The number of nitrogens with one attached hydrogen (secondary N) is 1. The van der Waals surface area contributed by atoms with Gasteiger partial charge in [0, 0.05) is 32.7 Å². The topological polar surface area (TPSA) is 15.3 Å². The molecule has 4 heteroatoms. The molecule has 0 amide bonds. The molecule has 0 spiro atoms. The van der Waals surface area contributed by atoms with E-state index in [0.29, 0.717) is 4.47 Å². The Morgan fingerprint density at radius 3 is 2.75 bits per heavy atom. The number of nitrogens with zero attached hydrogens (tertiary/aromatic N) is 1. The van der Waals surface area contributed by atoms with E-state index >= 15 is 0 Å². The lowest BCUT2D eigenvalue weighted by atomic mass is 10.1. The van der Waals surface area contributed by atoms with Gasteiger partial charge in [-0.1, -0.05) is 0 Å². The van der Waals surface area contributed by atoms with Crippen LogP contribution in [0.4, 0.5) is 4.39 Å². The van der Waals surface area contributed by atoms with Crippen LogP contribution < -0.4 is 5.32 Å². The average Bonchev–Trinajstić information content (AvgIpc) is 2.27. The second kappa shape index (κ2) is 5.25. The van der Waals surface area contributed by atoms with Gasteiger partial charge in [0.2, 0.25) is 0 Å². The SMILES string of the molecule is Cc1cc(Br)c(F)cc1CN1CCNCC1. The third-order valence-electron chi connectivity index (χ3n) is 2.98. The van der Waals surface area contributed by atoms with Crippen molar-refractivity contribution in [3.8, 4) is 0 Å². The molecule has 16 heavy (non-hydrogen) atoms. The lowest BCUT2D eigenvalue weighted by Gasteiger charge is -2.27. The van der Waals surface area contributed by atoms with Gasteiger partial charge in [-0.05, 0) is 46.1 Å². The summed E-state index contributed by atoms with van der Waals surface area (Å²) in [5, 5.41) is 3.31. The van der Waals surface area contributed by atoms with E-state index in [1.807, 2.05) is 13.0 Å². The van der Waals surface area contributed by atoms with E-state index in [0.717, 1.165) is 43.9 Å². The summed E-state index contributed by atoms with van der Waals surface area (Å²) in [6.45, 7) is 7.00. The normalized spacial score (nSPS) is 17.7. The number of hydrogen-bond donors (Lipinski definition) is 1. The molecule has 0 aromatic heterocycles. The molecule has 1 N–H and O–H groups in total.